The van der Waals surface area contributed by atoms with E-state index >= 15 is 0 Å². The summed E-state index contributed by atoms with van der Waals surface area (Å²) in [5, 5.41) is 14.3. The lowest BCUT2D eigenvalue weighted by Crippen LogP contribution is -2.15. The van der Waals surface area contributed by atoms with Crippen LogP contribution in [0, 0.1) is 10.1 Å². The number of carbonyl (C=O) groups excluding carboxylic acids is 1. The van der Waals surface area contributed by atoms with E-state index in [9.17, 15) is 14.9 Å². The van der Waals surface area contributed by atoms with Gasteiger partial charge < -0.3 is 5.32 Å². The van der Waals surface area contributed by atoms with Crippen LogP contribution in [0.15, 0.2) is 24.3 Å². The summed E-state index contributed by atoms with van der Waals surface area (Å²) in [6.45, 7) is 0. The van der Waals surface area contributed by atoms with Crippen LogP contribution in [0.5, 0.6) is 0 Å². The SMILES string of the molecule is O=C(Cc1ccccc1[N+](=O)[O-])Nc1nc2c(s1)CCCC2. The molecule has 0 fully saturated rings. The number of thiazole rings is 1. The average Bonchev–Trinajstić information content (AvgIpc) is 2.89. The highest BCUT2D eigenvalue weighted by molar-refractivity contribution is 7.15. The Morgan fingerprint density at radius 3 is 2.86 bits per heavy atom. The van der Waals surface area contributed by atoms with E-state index in [2.05, 4.69) is 10.3 Å². The van der Waals surface area contributed by atoms with E-state index in [-0.39, 0.29) is 18.0 Å². The number of amides is 1. The molecular formula is C15H15N3O3S. The fourth-order valence-corrected chi connectivity index (χ4v) is 3.65. The van der Waals surface area contributed by atoms with Crippen molar-refractivity contribution in [2.75, 3.05) is 5.32 Å². The number of hydrogen-bond acceptors (Lipinski definition) is 5. The lowest BCUT2D eigenvalue weighted by atomic mass is 10.0. The quantitative estimate of drug-likeness (QED) is 0.693. The molecular weight excluding hydrogens is 302 g/mol. The minimum atomic E-state index is -0.468. The molecule has 0 saturated carbocycles. The number of para-hydroxylation sites is 1. The van der Waals surface area contributed by atoms with Gasteiger partial charge in [0, 0.05) is 16.5 Å². The predicted molar refractivity (Wildman–Crippen MR) is 84.2 cm³/mol. The lowest BCUT2D eigenvalue weighted by molar-refractivity contribution is -0.385. The molecule has 0 spiro atoms. The first kappa shape index (κ1) is 14.6. The first-order valence-corrected chi connectivity index (χ1v) is 7.96. The first-order valence-electron chi connectivity index (χ1n) is 7.14. The van der Waals surface area contributed by atoms with Gasteiger partial charge in [0.2, 0.25) is 5.91 Å². The Morgan fingerprint density at radius 1 is 1.32 bits per heavy atom. The predicted octanol–water partition coefficient (Wildman–Crippen LogP) is 3.11. The molecule has 7 heteroatoms. The minimum absolute atomic E-state index is 0.0264. The molecule has 1 amide bonds. The minimum Gasteiger partial charge on any atom is -0.302 e. The summed E-state index contributed by atoms with van der Waals surface area (Å²) in [4.78, 5) is 28.3. The van der Waals surface area contributed by atoms with Crippen molar-refractivity contribution in [1.29, 1.82) is 0 Å². The Labute approximate surface area is 131 Å². The van der Waals surface area contributed by atoms with Crippen molar-refractivity contribution >= 4 is 28.1 Å². The summed E-state index contributed by atoms with van der Waals surface area (Å²) in [6.07, 6.45) is 4.26. The zero-order valence-electron chi connectivity index (χ0n) is 11.9. The second-order valence-electron chi connectivity index (χ2n) is 5.21. The second-order valence-corrected chi connectivity index (χ2v) is 6.29. The molecule has 22 heavy (non-hydrogen) atoms. The Morgan fingerprint density at radius 2 is 2.09 bits per heavy atom. The van der Waals surface area contributed by atoms with Crippen molar-refractivity contribution in [3.8, 4) is 0 Å². The lowest BCUT2D eigenvalue weighted by Gasteiger charge is -2.06. The van der Waals surface area contributed by atoms with Gasteiger partial charge in [-0.1, -0.05) is 18.2 Å². The number of nitro groups is 1. The molecule has 0 aliphatic heterocycles. The number of fused-ring (bicyclic) bond motifs is 1. The second kappa shape index (κ2) is 6.23. The van der Waals surface area contributed by atoms with Crippen LogP contribution in [-0.4, -0.2) is 15.8 Å². The van der Waals surface area contributed by atoms with Gasteiger partial charge in [0.1, 0.15) is 0 Å². The highest BCUT2D eigenvalue weighted by atomic mass is 32.1. The highest BCUT2D eigenvalue weighted by Crippen LogP contribution is 2.29. The Kier molecular flexibility index (Phi) is 4.15. The van der Waals surface area contributed by atoms with E-state index in [1.807, 2.05) is 0 Å². The number of rotatable bonds is 4. The number of nitro benzene ring substituents is 1. The number of carbonyl (C=O) groups is 1. The molecule has 0 radical (unpaired) electrons. The largest absolute Gasteiger partial charge is 0.302 e. The van der Waals surface area contributed by atoms with Crippen LogP contribution in [0.25, 0.3) is 0 Å². The summed E-state index contributed by atoms with van der Waals surface area (Å²) >= 11 is 1.51. The molecule has 3 rings (SSSR count). The van der Waals surface area contributed by atoms with Gasteiger partial charge in [-0.15, -0.1) is 11.3 Å². The van der Waals surface area contributed by atoms with E-state index in [1.54, 1.807) is 18.2 Å². The van der Waals surface area contributed by atoms with Crippen molar-refractivity contribution in [1.82, 2.24) is 4.98 Å². The molecule has 0 saturated heterocycles. The van der Waals surface area contributed by atoms with Crippen molar-refractivity contribution in [3.63, 3.8) is 0 Å². The van der Waals surface area contributed by atoms with Crippen LogP contribution in [0.4, 0.5) is 10.8 Å². The third-order valence-corrected chi connectivity index (χ3v) is 4.70. The Bertz CT molecular complexity index is 703. The third kappa shape index (κ3) is 3.14. The standard InChI is InChI=1S/C15H15N3O3S/c19-14(9-10-5-1-3-7-12(10)18(20)21)17-15-16-11-6-2-4-8-13(11)22-15/h1,3,5,7H,2,4,6,8-9H2,(H,16,17,19). The van der Waals surface area contributed by atoms with E-state index < -0.39 is 4.92 Å². The van der Waals surface area contributed by atoms with Crippen molar-refractivity contribution < 1.29 is 9.72 Å². The van der Waals surface area contributed by atoms with E-state index in [0.717, 1.165) is 25.0 Å². The maximum Gasteiger partial charge on any atom is 0.273 e. The zero-order valence-corrected chi connectivity index (χ0v) is 12.7. The summed E-state index contributed by atoms with van der Waals surface area (Å²) in [5.74, 6) is -0.277. The molecule has 6 nitrogen and oxygen atoms in total. The van der Waals surface area contributed by atoms with Gasteiger partial charge in [-0.05, 0) is 25.7 Å². The van der Waals surface area contributed by atoms with Crippen LogP contribution in [-0.2, 0) is 24.1 Å². The molecule has 1 aliphatic rings. The first-order chi connectivity index (χ1) is 10.6. The van der Waals surface area contributed by atoms with Crippen LogP contribution < -0.4 is 5.32 Å². The third-order valence-electron chi connectivity index (χ3n) is 3.63. The molecule has 2 aromatic rings. The molecule has 1 aliphatic carbocycles. The van der Waals surface area contributed by atoms with Crippen LogP contribution >= 0.6 is 11.3 Å². The smallest absolute Gasteiger partial charge is 0.273 e. The number of hydrogen-bond donors (Lipinski definition) is 1. The van der Waals surface area contributed by atoms with Gasteiger partial charge in [-0.2, -0.15) is 0 Å². The Balaban J connectivity index is 1.70. The van der Waals surface area contributed by atoms with Gasteiger partial charge in [0.15, 0.2) is 5.13 Å². The van der Waals surface area contributed by atoms with Gasteiger partial charge >= 0.3 is 0 Å². The van der Waals surface area contributed by atoms with E-state index in [4.69, 9.17) is 0 Å². The molecule has 114 valence electrons. The topological polar surface area (TPSA) is 85.1 Å². The summed E-state index contributed by atoms with van der Waals surface area (Å²) in [5.41, 5.74) is 1.46. The monoisotopic (exact) mass is 317 g/mol. The van der Waals surface area contributed by atoms with Gasteiger partial charge in [-0.3, -0.25) is 14.9 Å². The average molecular weight is 317 g/mol. The maximum absolute atomic E-state index is 12.1. The van der Waals surface area contributed by atoms with Crippen LogP contribution in [0.1, 0.15) is 29.0 Å². The van der Waals surface area contributed by atoms with Gasteiger partial charge in [-0.25, -0.2) is 4.98 Å². The van der Waals surface area contributed by atoms with Crippen molar-refractivity contribution in [2.24, 2.45) is 0 Å². The van der Waals surface area contributed by atoms with E-state index in [1.165, 1.54) is 28.7 Å². The number of anilines is 1. The Hall–Kier alpha value is -2.28. The number of benzene rings is 1. The molecule has 1 heterocycles. The molecule has 0 atom stereocenters. The zero-order chi connectivity index (χ0) is 15.5. The summed E-state index contributed by atoms with van der Waals surface area (Å²) in [7, 11) is 0. The van der Waals surface area contributed by atoms with Gasteiger partial charge in [0.25, 0.3) is 5.69 Å². The molecule has 1 aromatic carbocycles. The normalized spacial score (nSPS) is 13.5. The fourth-order valence-electron chi connectivity index (χ4n) is 2.58. The summed E-state index contributed by atoms with van der Waals surface area (Å²) < 4.78 is 0. The number of aromatic nitrogens is 1. The van der Waals surface area contributed by atoms with Crippen LogP contribution in [0.2, 0.25) is 0 Å². The maximum atomic E-state index is 12.1. The van der Waals surface area contributed by atoms with Crippen molar-refractivity contribution in [3.05, 3.63) is 50.5 Å². The number of nitrogens with one attached hydrogen (secondary N) is 1. The van der Waals surface area contributed by atoms with Crippen molar-refractivity contribution in [2.45, 2.75) is 32.1 Å². The molecule has 1 aromatic heterocycles. The number of nitrogens with zero attached hydrogens (tertiary/aromatic N) is 2. The van der Waals surface area contributed by atoms with Crippen LogP contribution in [0.3, 0.4) is 0 Å². The highest BCUT2D eigenvalue weighted by Gasteiger charge is 2.18. The van der Waals surface area contributed by atoms with Gasteiger partial charge in [0.05, 0.1) is 17.0 Å². The molecule has 1 N–H and O–H groups in total. The molecule has 0 unspecified atom stereocenters. The fraction of sp³-hybridized carbons (Fsp3) is 0.333. The number of aryl methyl sites for hydroxylation is 2. The molecule has 0 bridgehead atoms. The van der Waals surface area contributed by atoms with E-state index in [0.29, 0.717) is 10.7 Å². The summed E-state index contributed by atoms with van der Waals surface area (Å²) in [6, 6.07) is 6.29.